The predicted molar refractivity (Wildman–Crippen MR) is 194 cm³/mol. The molecule has 0 fully saturated rings. The third-order valence-corrected chi connectivity index (χ3v) is 10.5. The summed E-state index contributed by atoms with van der Waals surface area (Å²) in [7, 11) is -7.90. The van der Waals surface area contributed by atoms with Crippen LogP contribution in [0.2, 0.25) is 0 Å². The molecule has 1 aliphatic carbocycles. The number of nitrogens with one attached hydrogen (secondary N) is 3. The van der Waals surface area contributed by atoms with E-state index in [-0.39, 0.29) is 45.4 Å². The zero-order valence-corrected chi connectivity index (χ0v) is 29.5. The molecular weight excluding hydrogens is 763 g/mol. The zero-order chi connectivity index (χ0) is 39.4. The molecule has 1 aliphatic rings. The number of carbonyl (C=O) groups excluding carboxylic acids is 2. The summed E-state index contributed by atoms with van der Waals surface area (Å²) in [6, 6.07) is 16.9. The van der Waals surface area contributed by atoms with Crippen LogP contribution in [0.5, 0.6) is 6.01 Å². The van der Waals surface area contributed by atoms with E-state index in [2.05, 4.69) is 40.0 Å². The van der Waals surface area contributed by atoms with Crippen LogP contribution in [-0.2, 0) is 36.4 Å². The van der Waals surface area contributed by atoms with E-state index < -0.39 is 53.7 Å². The number of hydrogen-bond donors (Lipinski definition) is 7. The van der Waals surface area contributed by atoms with Crippen LogP contribution in [0.1, 0.15) is 26.3 Å². The second-order valence-corrected chi connectivity index (χ2v) is 14.7. The van der Waals surface area contributed by atoms with Crippen LogP contribution >= 0.6 is 0 Å². The summed E-state index contributed by atoms with van der Waals surface area (Å²) in [6.45, 7) is 0. The molecule has 0 amide bonds. The second-order valence-electron chi connectivity index (χ2n) is 11.7. The van der Waals surface area contributed by atoms with E-state index in [1.54, 1.807) is 37.4 Å². The molecule has 4 aromatic carbocycles. The van der Waals surface area contributed by atoms with Gasteiger partial charge in [-0.2, -0.15) is 47.9 Å². The highest BCUT2D eigenvalue weighted by Crippen LogP contribution is 2.43. The van der Waals surface area contributed by atoms with Gasteiger partial charge in [-0.3, -0.25) is 14.1 Å². The Hall–Kier alpha value is -6.82. The minimum absolute atomic E-state index is 0.0770. The highest BCUT2D eigenvalue weighted by molar-refractivity contribution is 7.87. The topological polar surface area (TPSA) is 310 Å². The summed E-state index contributed by atoms with van der Waals surface area (Å²) >= 11 is 0. The van der Waals surface area contributed by atoms with Gasteiger partial charge in [-0.25, -0.2) is 4.79 Å². The van der Waals surface area contributed by atoms with Gasteiger partial charge >= 0.3 is 22.1 Å². The van der Waals surface area contributed by atoms with Crippen LogP contribution in [-0.4, -0.2) is 57.8 Å². The fourth-order valence-corrected chi connectivity index (χ4v) is 7.40. The number of nitrogens with two attached hydrogens (primary N) is 2. The first kappa shape index (κ1) is 36.5. The maximum Gasteiger partial charge on any atom is 0.356 e. The van der Waals surface area contributed by atoms with Crippen molar-refractivity contribution in [3.8, 4) is 17.1 Å². The van der Waals surface area contributed by atoms with E-state index >= 15 is 0 Å². The number of pyridine rings is 1. The quantitative estimate of drug-likeness (QED) is 0.0774. The summed E-state index contributed by atoms with van der Waals surface area (Å²) in [4.78, 5) is 53.6. The number of aryl methyl sites for hydroxylation is 1. The number of nitrogens with zero attached hydrogens (tertiary/aromatic N) is 4. The van der Waals surface area contributed by atoms with Crippen LogP contribution in [0.15, 0.2) is 93.4 Å². The highest BCUT2D eigenvalue weighted by atomic mass is 32.2. The van der Waals surface area contributed by atoms with Gasteiger partial charge in [0.25, 0.3) is 15.7 Å². The Morgan fingerprint density at radius 3 is 2.13 bits per heavy atom. The molecule has 0 bridgehead atoms. The molecule has 280 valence electrons. The first-order valence-electron chi connectivity index (χ1n) is 15.5. The first-order valence-corrected chi connectivity index (χ1v) is 18.3. The van der Waals surface area contributed by atoms with Gasteiger partial charge in [0.05, 0.1) is 33.7 Å². The van der Waals surface area contributed by atoms with E-state index in [4.69, 9.17) is 11.8 Å². The second kappa shape index (κ2) is 13.5. The molecule has 0 saturated carbocycles. The summed E-state index contributed by atoms with van der Waals surface area (Å²) in [5.74, 6) is 7.62. The van der Waals surface area contributed by atoms with Gasteiger partial charge in [0.2, 0.25) is 11.9 Å². The standard InChI is InChI=1S/C33H25N9O11S2/c1-42-23-9-8-20(28-27(23)19(14-26(42)43)17-4-2-3-5-18(17)29(28)44)37-22-13-16(7-11-24(22)54(47,48)49)36-31-39-32(41-33(46)40-31)38-21-12-15(30(45)52-34)6-10-25(21)55(50,51)53-35/h2-14,37H,34-35H2,1H3,(H,47,48,49)(H3,36,38,39,40,41,46). The van der Waals surface area contributed by atoms with Gasteiger partial charge in [-0.15, -0.1) is 0 Å². The normalized spacial score (nSPS) is 12.3. The minimum atomic E-state index is -4.87. The number of carbonyl (C=O) groups is 2. The lowest BCUT2D eigenvalue weighted by molar-refractivity contribution is 0.0503. The van der Waals surface area contributed by atoms with Crippen LogP contribution in [0.3, 0.4) is 0 Å². The van der Waals surface area contributed by atoms with Gasteiger partial charge < -0.3 is 30.5 Å². The van der Waals surface area contributed by atoms with Gasteiger partial charge in [-0.1, -0.05) is 24.3 Å². The number of anilines is 6. The number of aromatic nitrogens is 4. The molecule has 20 nitrogen and oxygen atoms in total. The van der Waals surface area contributed by atoms with Gasteiger partial charge in [0.1, 0.15) is 9.79 Å². The third-order valence-electron chi connectivity index (χ3n) is 8.47. The van der Waals surface area contributed by atoms with E-state index in [0.717, 1.165) is 24.3 Å². The smallest absolute Gasteiger partial charge is 0.356 e. The third kappa shape index (κ3) is 6.67. The molecule has 2 heterocycles. The van der Waals surface area contributed by atoms with Crippen molar-refractivity contribution in [2.24, 2.45) is 18.8 Å². The largest absolute Gasteiger partial charge is 0.479 e. The Kier molecular flexibility index (Phi) is 9.00. The maximum atomic E-state index is 14.0. The van der Waals surface area contributed by atoms with Crippen molar-refractivity contribution in [3.63, 3.8) is 0 Å². The first-order chi connectivity index (χ1) is 26.1. The lowest BCUT2D eigenvalue weighted by Gasteiger charge is -2.24. The lowest BCUT2D eigenvalue weighted by atomic mass is 9.83. The Morgan fingerprint density at radius 2 is 1.44 bits per heavy atom. The van der Waals surface area contributed by atoms with E-state index in [0.29, 0.717) is 27.6 Å². The number of ketones is 1. The number of fused-ring (bicyclic) bond motifs is 2. The fraction of sp³-hybridized carbons (Fsp3) is 0.0303. The molecule has 0 atom stereocenters. The average molecular weight is 788 g/mol. The molecule has 55 heavy (non-hydrogen) atoms. The van der Waals surface area contributed by atoms with Gasteiger partial charge in [-0.05, 0) is 59.7 Å². The molecule has 7 rings (SSSR count). The van der Waals surface area contributed by atoms with Crippen molar-refractivity contribution in [2.45, 2.75) is 9.79 Å². The number of aromatic hydroxyl groups is 1. The summed E-state index contributed by atoms with van der Waals surface area (Å²) < 4.78 is 65.7. The zero-order valence-electron chi connectivity index (χ0n) is 27.8. The van der Waals surface area contributed by atoms with Crippen LogP contribution in [0, 0.1) is 0 Å². The van der Waals surface area contributed by atoms with Gasteiger partial charge in [0, 0.05) is 29.8 Å². The SMILES string of the molecule is Cn1c(=O)cc2c3c(c(Nc4cc(Nc5nc(O)nc(Nc6cc(C(=O)ON)ccc6S(=O)(=O)ON)n5)ccc4S(=O)(=O)O)ccc31)C(=O)c1ccccc1-2. The van der Waals surface area contributed by atoms with Crippen molar-refractivity contribution in [2.75, 3.05) is 16.0 Å². The molecule has 0 radical (unpaired) electrons. The van der Waals surface area contributed by atoms with Crippen molar-refractivity contribution in [1.29, 1.82) is 0 Å². The summed E-state index contributed by atoms with van der Waals surface area (Å²) in [5.41, 5.74) is 1.10. The summed E-state index contributed by atoms with van der Waals surface area (Å²) in [5, 5.41) is 19.0. The van der Waals surface area contributed by atoms with Crippen molar-refractivity contribution in [3.05, 3.63) is 106 Å². The van der Waals surface area contributed by atoms with Crippen molar-refractivity contribution < 1.29 is 45.2 Å². The molecule has 2 aromatic heterocycles. The molecule has 9 N–H and O–H groups in total. The number of hydrogen-bond acceptors (Lipinski definition) is 18. The van der Waals surface area contributed by atoms with Gasteiger partial charge in [0.15, 0.2) is 5.78 Å². The fourth-order valence-electron chi connectivity index (χ4n) is 6.05. The minimum Gasteiger partial charge on any atom is -0.479 e. The monoisotopic (exact) mass is 787 g/mol. The number of benzene rings is 4. The molecule has 6 aromatic rings. The molecular formula is C33H25N9O11S2. The van der Waals surface area contributed by atoms with Crippen LogP contribution in [0.25, 0.3) is 22.0 Å². The van der Waals surface area contributed by atoms with E-state index in [1.165, 1.54) is 28.8 Å². The Balaban J connectivity index is 1.29. The van der Waals surface area contributed by atoms with Crippen LogP contribution in [0.4, 0.5) is 34.6 Å². The Labute approximate surface area is 309 Å². The molecule has 0 aliphatic heterocycles. The van der Waals surface area contributed by atoms with E-state index in [9.17, 15) is 40.9 Å². The Bertz CT molecular complexity index is 2920. The predicted octanol–water partition coefficient (Wildman–Crippen LogP) is 2.73. The highest BCUT2D eigenvalue weighted by Gasteiger charge is 2.30. The molecule has 0 spiro atoms. The Morgan fingerprint density at radius 1 is 0.764 bits per heavy atom. The van der Waals surface area contributed by atoms with E-state index in [1.807, 2.05) is 0 Å². The molecule has 0 saturated heterocycles. The van der Waals surface area contributed by atoms with Crippen molar-refractivity contribution >= 4 is 77.5 Å². The van der Waals surface area contributed by atoms with Crippen molar-refractivity contribution in [1.82, 2.24) is 19.5 Å². The average Bonchev–Trinajstić information content (AvgIpc) is 3.14. The molecule has 0 unspecified atom stereocenters. The lowest BCUT2D eigenvalue weighted by Crippen LogP contribution is -2.21. The number of rotatable bonds is 10. The maximum absolute atomic E-state index is 14.0. The van der Waals surface area contributed by atoms with Crippen LogP contribution < -0.4 is 33.3 Å². The molecule has 22 heteroatoms. The summed E-state index contributed by atoms with van der Waals surface area (Å²) in [6.07, 6.45) is 0.